The van der Waals surface area contributed by atoms with E-state index in [-0.39, 0.29) is 18.0 Å². The van der Waals surface area contributed by atoms with Crippen molar-refractivity contribution in [3.8, 4) is 0 Å². The van der Waals surface area contributed by atoms with Crippen molar-refractivity contribution < 1.29 is 4.79 Å². The van der Waals surface area contributed by atoms with Crippen LogP contribution in [0.3, 0.4) is 0 Å². The van der Waals surface area contributed by atoms with Crippen LogP contribution in [0.1, 0.15) is 39.2 Å². The number of anilines is 1. The molecule has 0 aliphatic heterocycles. The fourth-order valence-electron chi connectivity index (χ4n) is 1.93. The lowest BCUT2D eigenvalue weighted by Crippen LogP contribution is -2.42. The van der Waals surface area contributed by atoms with E-state index in [1.54, 1.807) is 0 Å². The van der Waals surface area contributed by atoms with Gasteiger partial charge in [0.1, 0.15) is 6.04 Å². The van der Waals surface area contributed by atoms with E-state index in [2.05, 4.69) is 33.5 Å². The minimum absolute atomic E-state index is 0.00505. The first kappa shape index (κ1) is 17.3. The Labute approximate surface area is 134 Å². The van der Waals surface area contributed by atoms with Crippen LogP contribution in [-0.4, -0.2) is 18.0 Å². The van der Waals surface area contributed by atoms with Gasteiger partial charge < -0.3 is 10.6 Å². The number of hydrogen-bond donors (Lipinski definition) is 2. The normalized spacial score (nSPS) is 13.7. The molecule has 1 aromatic rings. The molecule has 0 saturated heterocycles. The van der Waals surface area contributed by atoms with Gasteiger partial charge in [0.05, 0.1) is 5.69 Å². The van der Waals surface area contributed by atoms with Gasteiger partial charge in [0, 0.05) is 15.5 Å². The van der Waals surface area contributed by atoms with Crippen LogP contribution in [0, 0.1) is 6.92 Å². The third-order valence-corrected chi connectivity index (χ3v) is 4.19. The van der Waals surface area contributed by atoms with E-state index < -0.39 is 0 Å². The number of rotatable bonds is 6. The molecule has 0 aliphatic rings. The first-order valence-electron chi connectivity index (χ1n) is 6.87. The van der Waals surface area contributed by atoms with Crippen LogP contribution in [0.4, 0.5) is 5.69 Å². The van der Waals surface area contributed by atoms with Crippen LogP contribution in [0.2, 0.25) is 5.02 Å². The number of hydrogen-bond acceptors (Lipinski definition) is 2. The third kappa shape index (κ3) is 4.98. The lowest BCUT2D eigenvalue weighted by Gasteiger charge is -2.20. The highest BCUT2D eigenvalue weighted by molar-refractivity contribution is 9.10. The molecule has 2 atom stereocenters. The van der Waals surface area contributed by atoms with Crippen molar-refractivity contribution in [1.82, 2.24) is 5.32 Å². The summed E-state index contributed by atoms with van der Waals surface area (Å²) in [6.07, 6.45) is 2.04. The molecule has 0 fully saturated rings. The van der Waals surface area contributed by atoms with Gasteiger partial charge in [0.2, 0.25) is 5.91 Å². The molecule has 0 saturated carbocycles. The zero-order chi connectivity index (χ0) is 15.3. The second-order valence-electron chi connectivity index (χ2n) is 5.15. The topological polar surface area (TPSA) is 41.1 Å². The molecule has 0 heterocycles. The van der Waals surface area contributed by atoms with Crippen molar-refractivity contribution in [2.45, 2.75) is 52.6 Å². The zero-order valence-corrected chi connectivity index (χ0v) is 14.7. The molecular weight excluding hydrogens is 340 g/mol. The molecule has 1 amide bonds. The van der Waals surface area contributed by atoms with Crippen LogP contribution in [0.25, 0.3) is 0 Å². The fourth-order valence-corrected chi connectivity index (χ4v) is 2.66. The standard InChI is InChI=1S/C15H22BrClN2O/c1-5-6-10(3)18-15(20)11(4)19-14-8-13(17)9(2)7-12(14)16/h7-8,10-11,19H,5-6H2,1-4H3,(H,18,20). The lowest BCUT2D eigenvalue weighted by molar-refractivity contribution is -0.122. The van der Waals surface area contributed by atoms with Crippen LogP contribution in [-0.2, 0) is 4.79 Å². The maximum Gasteiger partial charge on any atom is 0.242 e. The third-order valence-electron chi connectivity index (χ3n) is 3.12. The predicted molar refractivity (Wildman–Crippen MR) is 89.5 cm³/mol. The van der Waals surface area contributed by atoms with Gasteiger partial charge in [-0.2, -0.15) is 0 Å². The van der Waals surface area contributed by atoms with E-state index in [9.17, 15) is 4.79 Å². The van der Waals surface area contributed by atoms with Crippen molar-refractivity contribution in [1.29, 1.82) is 0 Å². The Balaban J connectivity index is 2.68. The van der Waals surface area contributed by atoms with Gasteiger partial charge in [-0.05, 0) is 60.8 Å². The summed E-state index contributed by atoms with van der Waals surface area (Å²) in [6.45, 7) is 7.91. The van der Waals surface area contributed by atoms with Gasteiger partial charge >= 0.3 is 0 Å². The molecular formula is C15H22BrClN2O. The molecule has 20 heavy (non-hydrogen) atoms. The Hall–Kier alpha value is -0.740. The molecule has 0 aliphatic carbocycles. The van der Waals surface area contributed by atoms with Gasteiger partial charge in [-0.3, -0.25) is 4.79 Å². The Morgan fingerprint density at radius 3 is 2.65 bits per heavy atom. The molecule has 0 aromatic heterocycles. The predicted octanol–water partition coefficient (Wildman–Crippen LogP) is 4.52. The smallest absolute Gasteiger partial charge is 0.242 e. The summed E-state index contributed by atoms with van der Waals surface area (Å²) in [5.74, 6) is -0.00505. The summed E-state index contributed by atoms with van der Waals surface area (Å²) in [5, 5.41) is 6.86. The van der Waals surface area contributed by atoms with Crippen molar-refractivity contribution >= 4 is 39.1 Å². The number of benzene rings is 1. The van der Waals surface area contributed by atoms with Crippen molar-refractivity contribution in [3.05, 3.63) is 27.2 Å². The quantitative estimate of drug-likeness (QED) is 0.782. The zero-order valence-electron chi connectivity index (χ0n) is 12.4. The Kier molecular flexibility index (Phi) is 6.83. The second-order valence-corrected chi connectivity index (χ2v) is 6.41. The number of aryl methyl sites for hydroxylation is 1. The van der Waals surface area contributed by atoms with E-state index in [0.29, 0.717) is 5.02 Å². The molecule has 112 valence electrons. The van der Waals surface area contributed by atoms with Gasteiger partial charge in [-0.15, -0.1) is 0 Å². The van der Waals surface area contributed by atoms with Crippen molar-refractivity contribution in [3.63, 3.8) is 0 Å². The molecule has 0 spiro atoms. The molecule has 0 radical (unpaired) electrons. The highest BCUT2D eigenvalue weighted by Gasteiger charge is 2.16. The average Bonchev–Trinajstić information content (AvgIpc) is 2.35. The largest absolute Gasteiger partial charge is 0.373 e. The average molecular weight is 362 g/mol. The second kappa shape index (κ2) is 7.89. The summed E-state index contributed by atoms with van der Waals surface area (Å²) in [5.41, 5.74) is 1.82. The van der Waals surface area contributed by atoms with Crippen LogP contribution < -0.4 is 10.6 Å². The minimum atomic E-state index is -0.315. The highest BCUT2D eigenvalue weighted by atomic mass is 79.9. The van der Waals surface area contributed by atoms with E-state index in [4.69, 9.17) is 11.6 Å². The number of halogens is 2. The number of carbonyl (C=O) groups is 1. The van der Waals surface area contributed by atoms with Crippen LogP contribution in [0.5, 0.6) is 0 Å². The first-order chi connectivity index (χ1) is 9.35. The van der Waals surface area contributed by atoms with E-state index in [1.807, 2.05) is 32.9 Å². The van der Waals surface area contributed by atoms with Gasteiger partial charge in [0.15, 0.2) is 0 Å². The molecule has 1 rings (SSSR count). The van der Waals surface area contributed by atoms with E-state index >= 15 is 0 Å². The Morgan fingerprint density at radius 1 is 1.40 bits per heavy atom. The van der Waals surface area contributed by atoms with E-state index in [0.717, 1.165) is 28.6 Å². The summed E-state index contributed by atoms with van der Waals surface area (Å²) < 4.78 is 0.903. The van der Waals surface area contributed by atoms with Gasteiger partial charge in [-0.25, -0.2) is 0 Å². The number of amides is 1. The monoisotopic (exact) mass is 360 g/mol. The summed E-state index contributed by atoms with van der Waals surface area (Å²) in [6, 6.07) is 3.65. The molecule has 5 heteroatoms. The maximum absolute atomic E-state index is 12.1. The minimum Gasteiger partial charge on any atom is -0.373 e. The van der Waals surface area contributed by atoms with Crippen LogP contribution in [0.15, 0.2) is 16.6 Å². The first-order valence-corrected chi connectivity index (χ1v) is 8.04. The number of nitrogens with one attached hydrogen (secondary N) is 2. The summed E-state index contributed by atoms with van der Waals surface area (Å²) >= 11 is 9.59. The SMILES string of the molecule is CCCC(C)NC(=O)C(C)Nc1cc(Cl)c(C)cc1Br. The molecule has 1 aromatic carbocycles. The molecule has 0 bridgehead atoms. The van der Waals surface area contributed by atoms with Crippen LogP contribution >= 0.6 is 27.5 Å². The molecule has 3 nitrogen and oxygen atoms in total. The fraction of sp³-hybridized carbons (Fsp3) is 0.533. The van der Waals surface area contributed by atoms with Crippen molar-refractivity contribution in [2.24, 2.45) is 0 Å². The maximum atomic E-state index is 12.1. The number of carbonyl (C=O) groups excluding carboxylic acids is 1. The summed E-state index contributed by atoms with van der Waals surface area (Å²) in [7, 11) is 0. The highest BCUT2D eigenvalue weighted by Crippen LogP contribution is 2.29. The Bertz CT molecular complexity index is 479. The van der Waals surface area contributed by atoms with E-state index in [1.165, 1.54) is 0 Å². The lowest BCUT2D eigenvalue weighted by atomic mass is 10.1. The molecule has 2 unspecified atom stereocenters. The van der Waals surface area contributed by atoms with Crippen molar-refractivity contribution in [2.75, 3.05) is 5.32 Å². The van der Waals surface area contributed by atoms with Gasteiger partial charge in [0.25, 0.3) is 0 Å². The summed E-state index contributed by atoms with van der Waals surface area (Å²) in [4.78, 5) is 12.1. The Morgan fingerprint density at radius 2 is 2.05 bits per heavy atom. The molecule has 2 N–H and O–H groups in total. The van der Waals surface area contributed by atoms with Gasteiger partial charge in [-0.1, -0.05) is 24.9 Å².